The Morgan fingerprint density at radius 1 is 1.24 bits per heavy atom. The lowest BCUT2D eigenvalue weighted by Gasteiger charge is -2.34. The summed E-state index contributed by atoms with van der Waals surface area (Å²) in [5.41, 5.74) is 1.45. The third kappa shape index (κ3) is 5.94. The van der Waals surface area contributed by atoms with Crippen molar-refractivity contribution in [3.05, 3.63) is 58.1 Å². The van der Waals surface area contributed by atoms with E-state index >= 15 is 0 Å². The molecular weight excluding hydrogens is 455 g/mol. The number of hydrogen-bond donors (Lipinski definition) is 1. The number of rotatable bonds is 7. The summed E-state index contributed by atoms with van der Waals surface area (Å²) in [7, 11) is -3.59. The number of thioether (sulfide) groups is 1. The van der Waals surface area contributed by atoms with Crippen LogP contribution in [0.3, 0.4) is 0 Å². The van der Waals surface area contributed by atoms with E-state index in [1.165, 1.54) is 6.07 Å². The SMILES string of the molecule is CS(=O)(=O)N1C[C@H](C(=O)NCCSCc2cccc(Cl)c2)Oc2ccc(Cl)cc21. The molecule has 2 aromatic carbocycles. The van der Waals surface area contributed by atoms with E-state index < -0.39 is 16.1 Å². The Bertz CT molecular complexity index is 1000. The van der Waals surface area contributed by atoms with Gasteiger partial charge in [0.1, 0.15) is 5.75 Å². The quantitative estimate of drug-likeness (QED) is 0.620. The van der Waals surface area contributed by atoms with E-state index in [1.807, 2.05) is 24.3 Å². The van der Waals surface area contributed by atoms with Crippen molar-refractivity contribution in [2.45, 2.75) is 11.9 Å². The molecule has 1 N–H and O–H groups in total. The molecule has 0 bridgehead atoms. The van der Waals surface area contributed by atoms with Crippen LogP contribution in [0.1, 0.15) is 5.56 Å². The highest BCUT2D eigenvalue weighted by Gasteiger charge is 2.35. The maximum atomic E-state index is 12.5. The summed E-state index contributed by atoms with van der Waals surface area (Å²) < 4.78 is 31.2. The monoisotopic (exact) mass is 474 g/mol. The fourth-order valence-electron chi connectivity index (χ4n) is 2.85. The zero-order chi connectivity index (χ0) is 21.0. The van der Waals surface area contributed by atoms with Gasteiger partial charge in [0.05, 0.1) is 18.5 Å². The Hall–Kier alpha value is -1.61. The fraction of sp³-hybridized carbons (Fsp3) is 0.316. The molecule has 1 aliphatic rings. The molecule has 0 radical (unpaired) electrons. The first kappa shape index (κ1) is 22.1. The number of nitrogens with zero attached hydrogens (tertiary/aromatic N) is 1. The van der Waals surface area contributed by atoms with Crippen LogP contribution in [0.25, 0.3) is 0 Å². The van der Waals surface area contributed by atoms with Crippen LogP contribution in [-0.2, 0) is 20.6 Å². The second-order valence-electron chi connectivity index (χ2n) is 6.49. The van der Waals surface area contributed by atoms with Gasteiger partial charge in [0.2, 0.25) is 10.0 Å². The summed E-state index contributed by atoms with van der Waals surface area (Å²) in [6.45, 7) is 0.337. The molecule has 156 valence electrons. The second-order valence-corrected chi connectivity index (χ2v) is 10.4. The summed E-state index contributed by atoms with van der Waals surface area (Å²) in [6.07, 6.45) is 0.154. The van der Waals surface area contributed by atoms with Gasteiger partial charge in [-0.1, -0.05) is 35.3 Å². The van der Waals surface area contributed by atoms with Crippen LogP contribution in [-0.4, -0.2) is 45.5 Å². The maximum Gasteiger partial charge on any atom is 0.263 e. The minimum Gasteiger partial charge on any atom is -0.476 e. The van der Waals surface area contributed by atoms with Crippen LogP contribution in [0.4, 0.5) is 5.69 Å². The average molecular weight is 475 g/mol. The van der Waals surface area contributed by atoms with Crippen LogP contribution in [0.15, 0.2) is 42.5 Å². The number of carbonyl (C=O) groups excluding carboxylic acids is 1. The molecule has 0 spiro atoms. The minimum absolute atomic E-state index is 0.104. The number of sulfonamides is 1. The highest BCUT2D eigenvalue weighted by molar-refractivity contribution is 7.98. The molecule has 1 heterocycles. The van der Waals surface area contributed by atoms with E-state index in [4.69, 9.17) is 27.9 Å². The van der Waals surface area contributed by atoms with Crippen molar-refractivity contribution in [2.75, 3.05) is 29.4 Å². The van der Waals surface area contributed by atoms with Crippen molar-refractivity contribution in [3.63, 3.8) is 0 Å². The largest absolute Gasteiger partial charge is 0.476 e. The van der Waals surface area contributed by atoms with Crippen molar-refractivity contribution in [2.24, 2.45) is 0 Å². The molecule has 10 heteroatoms. The second kappa shape index (κ2) is 9.47. The topological polar surface area (TPSA) is 75.7 Å². The number of anilines is 1. The Morgan fingerprint density at radius 2 is 2.00 bits per heavy atom. The van der Waals surface area contributed by atoms with Gasteiger partial charge >= 0.3 is 0 Å². The van der Waals surface area contributed by atoms with E-state index in [0.29, 0.717) is 33.8 Å². The third-order valence-electron chi connectivity index (χ3n) is 4.19. The van der Waals surface area contributed by atoms with Gasteiger partial charge in [0.15, 0.2) is 6.10 Å². The number of nitrogens with one attached hydrogen (secondary N) is 1. The van der Waals surface area contributed by atoms with Crippen LogP contribution in [0.2, 0.25) is 10.0 Å². The van der Waals surface area contributed by atoms with Gasteiger partial charge in [-0.25, -0.2) is 8.42 Å². The van der Waals surface area contributed by atoms with Crippen LogP contribution in [0, 0.1) is 0 Å². The van der Waals surface area contributed by atoms with Crippen molar-refractivity contribution in [1.82, 2.24) is 5.32 Å². The normalized spacial score (nSPS) is 16.1. The summed E-state index contributed by atoms with van der Waals surface area (Å²) in [5.74, 6) is 1.43. The zero-order valence-corrected chi connectivity index (χ0v) is 18.7. The Balaban J connectivity index is 1.55. The van der Waals surface area contributed by atoms with Gasteiger partial charge in [0, 0.05) is 28.1 Å². The van der Waals surface area contributed by atoms with Crippen molar-refractivity contribution < 1.29 is 17.9 Å². The van der Waals surface area contributed by atoms with E-state index in [9.17, 15) is 13.2 Å². The summed E-state index contributed by atoms with van der Waals surface area (Å²) >= 11 is 13.6. The standard InChI is InChI=1S/C19H20Cl2N2O4S2/c1-29(25,26)23-11-18(27-17-6-5-15(21)10-16(17)23)19(24)22-7-8-28-12-13-3-2-4-14(20)9-13/h2-6,9-10,18H,7-8,11-12H2,1H3,(H,22,24)/t18-/m1/s1. The molecule has 6 nitrogen and oxygen atoms in total. The van der Waals surface area contributed by atoms with Gasteiger partial charge in [-0.3, -0.25) is 9.10 Å². The van der Waals surface area contributed by atoms with E-state index in [1.54, 1.807) is 23.9 Å². The van der Waals surface area contributed by atoms with Gasteiger partial charge in [-0.05, 0) is 35.9 Å². The van der Waals surface area contributed by atoms with Crippen LogP contribution >= 0.6 is 35.0 Å². The van der Waals surface area contributed by atoms with Crippen LogP contribution in [0.5, 0.6) is 5.75 Å². The molecule has 0 saturated carbocycles. The number of hydrogen-bond acceptors (Lipinski definition) is 5. The van der Waals surface area contributed by atoms with Gasteiger partial charge < -0.3 is 10.1 Å². The van der Waals surface area contributed by atoms with Gasteiger partial charge in [-0.15, -0.1) is 0 Å². The number of fused-ring (bicyclic) bond motifs is 1. The molecule has 0 aromatic heterocycles. The summed E-state index contributed by atoms with van der Waals surface area (Å²) in [6, 6.07) is 12.3. The highest BCUT2D eigenvalue weighted by Crippen LogP contribution is 2.37. The number of benzene rings is 2. The molecular formula is C19H20Cl2N2O4S2. The van der Waals surface area contributed by atoms with Crippen molar-refractivity contribution in [3.8, 4) is 5.75 Å². The molecule has 2 aromatic rings. The van der Waals surface area contributed by atoms with E-state index in [-0.39, 0.29) is 12.5 Å². The molecule has 1 amide bonds. The lowest BCUT2D eigenvalue weighted by molar-refractivity contribution is -0.127. The van der Waals surface area contributed by atoms with Crippen LogP contribution < -0.4 is 14.4 Å². The average Bonchev–Trinajstić information content (AvgIpc) is 2.66. The first-order valence-corrected chi connectivity index (χ1v) is 12.5. The van der Waals surface area contributed by atoms with Crippen molar-refractivity contribution >= 4 is 56.6 Å². The number of carbonyl (C=O) groups is 1. The molecule has 0 aliphatic carbocycles. The molecule has 1 atom stereocenters. The fourth-order valence-corrected chi connectivity index (χ4v) is 4.94. The molecule has 0 fully saturated rings. The highest BCUT2D eigenvalue weighted by atomic mass is 35.5. The summed E-state index contributed by atoms with van der Waals surface area (Å²) in [5, 5.41) is 3.89. The lowest BCUT2D eigenvalue weighted by atomic mass is 10.2. The maximum absolute atomic E-state index is 12.5. The van der Waals surface area contributed by atoms with Gasteiger partial charge in [0.25, 0.3) is 5.91 Å². The number of halogens is 2. The molecule has 0 unspecified atom stereocenters. The van der Waals surface area contributed by atoms with E-state index in [0.717, 1.165) is 21.9 Å². The van der Waals surface area contributed by atoms with Crippen molar-refractivity contribution in [1.29, 1.82) is 0 Å². The Morgan fingerprint density at radius 3 is 2.72 bits per heavy atom. The third-order valence-corrected chi connectivity index (χ3v) is 6.83. The molecule has 29 heavy (non-hydrogen) atoms. The zero-order valence-electron chi connectivity index (χ0n) is 15.6. The Labute approximate surface area is 184 Å². The number of amides is 1. The van der Waals surface area contributed by atoms with E-state index in [2.05, 4.69) is 5.32 Å². The smallest absolute Gasteiger partial charge is 0.263 e. The predicted molar refractivity (Wildman–Crippen MR) is 119 cm³/mol. The first-order chi connectivity index (χ1) is 13.7. The molecule has 1 aliphatic heterocycles. The Kier molecular flexibility index (Phi) is 7.21. The lowest BCUT2D eigenvalue weighted by Crippen LogP contribution is -2.50. The summed E-state index contributed by atoms with van der Waals surface area (Å²) in [4.78, 5) is 12.5. The van der Waals surface area contributed by atoms with Gasteiger partial charge in [-0.2, -0.15) is 11.8 Å². The number of ether oxygens (including phenoxy) is 1. The first-order valence-electron chi connectivity index (χ1n) is 8.78. The molecule has 0 saturated heterocycles. The molecule has 3 rings (SSSR count). The minimum atomic E-state index is -3.59. The predicted octanol–water partition coefficient (Wildman–Crippen LogP) is 3.57.